The molecule has 0 aliphatic carbocycles. The number of nitrogens with one attached hydrogen (secondary N) is 1. The van der Waals surface area contributed by atoms with E-state index in [1.54, 1.807) is 12.5 Å². The second-order valence-corrected chi connectivity index (χ2v) is 5.10. The molecule has 0 spiro atoms. The number of hydrogen-bond acceptors (Lipinski definition) is 3. The largest absolute Gasteiger partial charge is 0.479 e. The Morgan fingerprint density at radius 1 is 1.30 bits per heavy atom. The summed E-state index contributed by atoms with van der Waals surface area (Å²) in [6.07, 6.45) is 3.26. The van der Waals surface area contributed by atoms with Crippen molar-refractivity contribution in [2.45, 2.75) is 32.9 Å². The van der Waals surface area contributed by atoms with E-state index >= 15 is 0 Å². The highest BCUT2D eigenvalue weighted by molar-refractivity contribution is 5.78. The summed E-state index contributed by atoms with van der Waals surface area (Å²) in [4.78, 5) is 15.6. The highest BCUT2D eigenvalue weighted by Crippen LogP contribution is 2.22. The van der Waals surface area contributed by atoms with Crippen LogP contribution in [0.25, 0.3) is 0 Å². The van der Waals surface area contributed by atoms with Crippen LogP contribution in [-0.4, -0.2) is 20.6 Å². The lowest BCUT2D eigenvalue weighted by molar-refractivity contribution is -0.138. The lowest BCUT2D eigenvalue weighted by Crippen LogP contribution is -2.24. The summed E-state index contributed by atoms with van der Waals surface area (Å²) in [7, 11) is 0. The second-order valence-electron chi connectivity index (χ2n) is 5.10. The molecular formula is C15H19N3O2. The molecule has 2 N–H and O–H groups in total. The van der Waals surface area contributed by atoms with E-state index in [0.29, 0.717) is 5.69 Å². The van der Waals surface area contributed by atoms with E-state index in [1.165, 1.54) is 0 Å². The Labute approximate surface area is 118 Å². The Morgan fingerprint density at radius 3 is 2.50 bits per heavy atom. The average Bonchev–Trinajstić information content (AvgIpc) is 2.86. The maximum absolute atomic E-state index is 11.5. The van der Waals surface area contributed by atoms with Gasteiger partial charge in [0, 0.05) is 11.7 Å². The Balaban J connectivity index is 2.29. The Hall–Kier alpha value is -2.30. The minimum absolute atomic E-state index is 0.161. The van der Waals surface area contributed by atoms with E-state index in [1.807, 2.05) is 49.6 Å². The van der Waals surface area contributed by atoms with Crippen molar-refractivity contribution in [2.75, 3.05) is 5.32 Å². The van der Waals surface area contributed by atoms with Crippen LogP contribution >= 0.6 is 0 Å². The number of aliphatic carboxylic acids is 1. The predicted octanol–water partition coefficient (Wildman–Crippen LogP) is 3.01. The Kier molecular flexibility index (Phi) is 4.08. The van der Waals surface area contributed by atoms with Gasteiger partial charge in [0.15, 0.2) is 6.04 Å². The zero-order valence-electron chi connectivity index (χ0n) is 11.9. The molecule has 0 aliphatic heterocycles. The van der Waals surface area contributed by atoms with E-state index < -0.39 is 12.0 Å². The van der Waals surface area contributed by atoms with Crippen molar-refractivity contribution in [2.24, 2.45) is 0 Å². The van der Waals surface area contributed by atoms with E-state index in [2.05, 4.69) is 10.3 Å². The van der Waals surface area contributed by atoms with Gasteiger partial charge in [-0.1, -0.05) is 17.7 Å². The minimum atomic E-state index is -0.923. The molecular weight excluding hydrogens is 254 g/mol. The van der Waals surface area contributed by atoms with Crippen LogP contribution in [0.5, 0.6) is 0 Å². The molecule has 0 aliphatic rings. The number of aromatic nitrogens is 2. The standard InChI is InChI=1S/C15H19N3O2/c1-10(2)18-9-16-8-13(18)14(15(19)20)17-12-6-4-11(3)5-7-12/h4-10,14,17H,1-3H3,(H,19,20). The normalized spacial score (nSPS) is 12.4. The maximum Gasteiger partial charge on any atom is 0.332 e. The first-order valence-corrected chi connectivity index (χ1v) is 6.56. The van der Waals surface area contributed by atoms with Gasteiger partial charge < -0.3 is 15.0 Å². The SMILES string of the molecule is Cc1ccc(NC(C(=O)O)c2cncn2C(C)C)cc1. The molecule has 2 aromatic rings. The van der Waals surface area contributed by atoms with Crippen molar-refractivity contribution in [1.29, 1.82) is 0 Å². The van der Waals surface area contributed by atoms with Gasteiger partial charge >= 0.3 is 5.97 Å². The lowest BCUT2D eigenvalue weighted by Gasteiger charge is -2.19. The van der Waals surface area contributed by atoms with Gasteiger partial charge in [0.2, 0.25) is 0 Å². The summed E-state index contributed by atoms with van der Waals surface area (Å²) in [5.74, 6) is -0.923. The summed E-state index contributed by atoms with van der Waals surface area (Å²) >= 11 is 0. The molecule has 106 valence electrons. The molecule has 0 radical (unpaired) electrons. The fourth-order valence-electron chi connectivity index (χ4n) is 2.05. The van der Waals surface area contributed by atoms with Crippen LogP contribution in [-0.2, 0) is 4.79 Å². The molecule has 1 aromatic carbocycles. The minimum Gasteiger partial charge on any atom is -0.479 e. The highest BCUT2D eigenvalue weighted by atomic mass is 16.4. The number of imidazole rings is 1. The van der Waals surface area contributed by atoms with Gasteiger partial charge in [0.05, 0.1) is 18.2 Å². The van der Waals surface area contributed by atoms with Crippen LogP contribution in [0.4, 0.5) is 5.69 Å². The third-order valence-electron chi connectivity index (χ3n) is 3.16. The summed E-state index contributed by atoms with van der Waals surface area (Å²) in [5.41, 5.74) is 2.56. The van der Waals surface area contributed by atoms with Crippen LogP contribution in [0.15, 0.2) is 36.8 Å². The zero-order valence-corrected chi connectivity index (χ0v) is 11.9. The first kappa shape index (κ1) is 14.1. The van der Waals surface area contributed by atoms with Gasteiger partial charge in [-0.3, -0.25) is 0 Å². The van der Waals surface area contributed by atoms with Crippen molar-refractivity contribution >= 4 is 11.7 Å². The number of carboxylic acids is 1. The topological polar surface area (TPSA) is 67.2 Å². The molecule has 5 heteroatoms. The number of aryl methyl sites for hydroxylation is 1. The van der Waals surface area contributed by atoms with Crippen LogP contribution in [0, 0.1) is 6.92 Å². The second kappa shape index (κ2) is 5.77. The summed E-state index contributed by atoms with van der Waals surface area (Å²) < 4.78 is 1.86. The van der Waals surface area contributed by atoms with Crippen molar-refractivity contribution < 1.29 is 9.90 Å². The monoisotopic (exact) mass is 273 g/mol. The fourth-order valence-corrected chi connectivity index (χ4v) is 2.05. The van der Waals surface area contributed by atoms with Crippen LogP contribution in [0.1, 0.15) is 37.2 Å². The Bertz CT molecular complexity index is 587. The van der Waals surface area contributed by atoms with E-state index in [4.69, 9.17) is 0 Å². The van der Waals surface area contributed by atoms with Gasteiger partial charge in [0.1, 0.15) is 0 Å². The molecule has 0 saturated carbocycles. The summed E-state index contributed by atoms with van der Waals surface area (Å²) in [6, 6.07) is 6.99. The van der Waals surface area contributed by atoms with Gasteiger partial charge in [-0.25, -0.2) is 9.78 Å². The van der Waals surface area contributed by atoms with E-state index in [0.717, 1.165) is 11.3 Å². The molecule has 0 amide bonds. The smallest absolute Gasteiger partial charge is 0.332 e. The van der Waals surface area contributed by atoms with Crippen LogP contribution in [0.3, 0.4) is 0 Å². The lowest BCUT2D eigenvalue weighted by atomic mass is 10.1. The number of carboxylic acid groups (broad SMARTS) is 1. The number of rotatable bonds is 5. The molecule has 5 nitrogen and oxygen atoms in total. The fraction of sp³-hybridized carbons (Fsp3) is 0.333. The number of benzene rings is 1. The van der Waals surface area contributed by atoms with Gasteiger partial charge in [-0.15, -0.1) is 0 Å². The third kappa shape index (κ3) is 2.99. The molecule has 20 heavy (non-hydrogen) atoms. The first-order chi connectivity index (χ1) is 9.49. The Morgan fingerprint density at radius 2 is 1.95 bits per heavy atom. The summed E-state index contributed by atoms with van der Waals surface area (Å²) in [6.45, 7) is 5.98. The molecule has 0 saturated heterocycles. The van der Waals surface area contributed by atoms with E-state index in [9.17, 15) is 9.90 Å². The van der Waals surface area contributed by atoms with E-state index in [-0.39, 0.29) is 6.04 Å². The van der Waals surface area contributed by atoms with Crippen LogP contribution in [0.2, 0.25) is 0 Å². The van der Waals surface area contributed by atoms with Gasteiger partial charge in [0.25, 0.3) is 0 Å². The van der Waals surface area contributed by atoms with Crippen molar-refractivity contribution in [1.82, 2.24) is 9.55 Å². The van der Waals surface area contributed by atoms with Crippen molar-refractivity contribution in [3.8, 4) is 0 Å². The highest BCUT2D eigenvalue weighted by Gasteiger charge is 2.24. The molecule has 1 unspecified atom stereocenters. The third-order valence-corrected chi connectivity index (χ3v) is 3.16. The maximum atomic E-state index is 11.5. The molecule has 2 rings (SSSR count). The number of anilines is 1. The first-order valence-electron chi connectivity index (χ1n) is 6.56. The zero-order chi connectivity index (χ0) is 14.7. The van der Waals surface area contributed by atoms with Crippen molar-refractivity contribution in [3.63, 3.8) is 0 Å². The molecule has 0 bridgehead atoms. The number of nitrogens with zero attached hydrogens (tertiary/aromatic N) is 2. The average molecular weight is 273 g/mol. The molecule has 1 aromatic heterocycles. The predicted molar refractivity (Wildman–Crippen MR) is 77.8 cm³/mol. The van der Waals surface area contributed by atoms with Crippen LogP contribution < -0.4 is 5.32 Å². The summed E-state index contributed by atoms with van der Waals surface area (Å²) in [5, 5.41) is 12.5. The quantitative estimate of drug-likeness (QED) is 0.878. The van der Waals surface area contributed by atoms with Gasteiger partial charge in [-0.2, -0.15) is 0 Å². The molecule has 1 atom stereocenters. The number of hydrogen-bond donors (Lipinski definition) is 2. The molecule has 1 heterocycles. The molecule has 0 fully saturated rings. The number of carbonyl (C=O) groups is 1. The van der Waals surface area contributed by atoms with Gasteiger partial charge in [-0.05, 0) is 32.9 Å². The van der Waals surface area contributed by atoms with Crippen molar-refractivity contribution in [3.05, 3.63) is 48.0 Å².